The smallest absolute Gasteiger partial charge is 0.237 e. The molecule has 16 heavy (non-hydrogen) atoms. The van der Waals surface area contributed by atoms with Crippen molar-refractivity contribution in [2.45, 2.75) is 32.7 Å². The van der Waals surface area contributed by atoms with E-state index in [1.54, 1.807) is 0 Å². The van der Waals surface area contributed by atoms with Crippen LogP contribution in [-0.2, 0) is 4.79 Å². The predicted molar refractivity (Wildman–Crippen MR) is 66.4 cm³/mol. The third-order valence-electron chi connectivity index (χ3n) is 3.23. The highest BCUT2D eigenvalue weighted by atomic mass is 16.2. The van der Waals surface area contributed by atoms with E-state index >= 15 is 0 Å². The van der Waals surface area contributed by atoms with Crippen LogP contribution in [0.15, 0.2) is 0 Å². The zero-order chi connectivity index (χ0) is 12.0. The van der Waals surface area contributed by atoms with Gasteiger partial charge in [0.1, 0.15) is 0 Å². The monoisotopic (exact) mass is 227 g/mol. The van der Waals surface area contributed by atoms with Crippen LogP contribution in [0, 0.1) is 0 Å². The SMILES string of the molecule is CC.CN1CCN(C2CCCNC2=O)CC1. The molecule has 94 valence electrons. The Kier molecular flexibility index (Phi) is 5.77. The molecule has 2 fully saturated rings. The molecule has 0 saturated carbocycles. The average Bonchev–Trinajstić information content (AvgIpc) is 2.34. The second-order valence-corrected chi connectivity index (χ2v) is 4.29. The summed E-state index contributed by atoms with van der Waals surface area (Å²) in [5.74, 6) is 0.237. The number of likely N-dealkylation sites (N-methyl/N-ethyl adjacent to an activating group) is 1. The first-order valence-corrected chi connectivity index (χ1v) is 6.47. The number of nitrogens with zero attached hydrogens (tertiary/aromatic N) is 2. The summed E-state index contributed by atoms with van der Waals surface area (Å²) in [5.41, 5.74) is 0. The summed E-state index contributed by atoms with van der Waals surface area (Å²) in [6.45, 7) is 9.11. The lowest BCUT2D eigenvalue weighted by atomic mass is 10.0. The quantitative estimate of drug-likeness (QED) is 0.710. The number of carbonyl (C=O) groups excluding carboxylic acids is 1. The Labute approximate surface area is 99.0 Å². The topological polar surface area (TPSA) is 35.6 Å². The van der Waals surface area contributed by atoms with Crippen LogP contribution in [0.1, 0.15) is 26.7 Å². The fourth-order valence-electron chi connectivity index (χ4n) is 2.24. The molecular formula is C12H25N3O. The van der Waals surface area contributed by atoms with Gasteiger partial charge in [0.25, 0.3) is 0 Å². The molecule has 0 aliphatic carbocycles. The number of carbonyl (C=O) groups is 1. The first-order valence-electron chi connectivity index (χ1n) is 6.47. The lowest BCUT2D eigenvalue weighted by Gasteiger charge is -2.38. The predicted octanol–water partition coefficient (Wildman–Crippen LogP) is 0.539. The van der Waals surface area contributed by atoms with Gasteiger partial charge in [-0.3, -0.25) is 9.69 Å². The van der Waals surface area contributed by atoms with Gasteiger partial charge in [0.2, 0.25) is 5.91 Å². The van der Waals surface area contributed by atoms with Crippen LogP contribution in [0.25, 0.3) is 0 Å². The van der Waals surface area contributed by atoms with Gasteiger partial charge in [-0.25, -0.2) is 0 Å². The van der Waals surface area contributed by atoms with Gasteiger partial charge in [0, 0.05) is 32.7 Å². The Bertz CT molecular complexity index is 212. The van der Waals surface area contributed by atoms with Crippen molar-refractivity contribution in [3.8, 4) is 0 Å². The standard InChI is InChI=1S/C10H19N3O.C2H6/c1-12-5-7-13(8-6-12)9-3-2-4-11-10(9)14;1-2/h9H,2-8H2,1H3,(H,11,14);1-2H3. The molecule has 0 spiro atoms. The molecule has 2 aliphatic heterocycles. The molecule has 1 amide bonds. The van der Waals surface area contributed by atoms with Crippen LogP contribution in [0.4, 0.5) is 0 Å². The Morgan fingerprint density at radius 1 is 1.19 bits per heavy atom. The van der Waals surface area contributed by atoms with E-state index in [4.69, 9.17) is 0 Å². The van der Waals surface area contributed by atoms with Gasteiger partial charge < -0.3 is 10.2 Å². The van der Waals surface area contributed by atoms with E-state index < -0.39 is 0 Å². The third kappa shape index (κ3) is 3.46. The summed E-state index contributed by atoms with van der Waals surface area (Å²) in [6.07, 6.45) is 2.16. The summed E-state index contributed by atoms with van der Waals surface area (Å²) in [4.78, 5) is 16.3. The summed E-state index contributed by atoms with van der Waals surface area (Å²) in [7, 11) is 2.14. The van der Waals surface area contributed by atoms with Crippen molar-refractivity contribution in [2.75, 3.05) is 39.8 Å². The van der Waals surface area contributed by atoms with E-state index in [9.17, 15) is 4.79 Å². The highest BCUT2D eigenvalue weighted by Gasteiger charge is 2.29. The van der Waals surface area contributed by atoms with Crippen LogP contribution < -0.4 is 5.32 Å². The Balaban J connectivity index is 0.000000606. The molecule has 0 aromatic carbocycles. The van der Waals surface area contributed by atoms with E-state index in [-0.39, 0.29) is 11.9 Å². The summed E-state index contributed by atoms with van der Waals surface area (Å²) < 4.78 is 0. The van der Waals surface area contributed by atoms with Crippen molar-refractivity contribution in [3.63, 3.8) is 0 Å². The minimum absolute atomic E-state index is 0.150. The molecule has 4 nitrogen and oxygen atoms in total. The Morgan fingerprint density at radius 3 is 2.38 bits per heavy atom. The van der Waals surface area contributed by atoms with E-state index in [1.165, 1.54) is 0 Å². The maximum atomic E-state index is 11.6. The second kappa shape index (κ2) is 6.86. The number of hydrogen-bond acceptors (Lipinski definition) is 3. The Morgan fingerprint density at radius 2 is 1.81 bits per heavy atom. The normalized spacial score (nSPS) is 27.9. The number of piperazine rings is 1. The number of rotatable bonds is 1. The van der Waals surface area contributed by atoms with Crippen molar-refractivity contribution >= 4 is 5.91 Å². The van der Waals surface area contributed by atoms with Crippen molar-refractivity contribution in [1.82, 2.24) is 15.1 Å². The highest BCUT2D eigenvalue weighted by molar-refractivity contribution is 5.82. The number of nitrogens with one attached hydrogen (secondary N) is 1. The Hall–Kier alpha value is -0.610. The van der Waals surface area contributed by atoms with Gasteiger partial charge in [0.15, 0.2) is 0 Å². The van der Waals surface area contributed by atoms with Crippen molar-refractivity contribution in [3.05, 3.63) is 0 Å². The zero-order valence-electron chi connectivity index (χ0n) is 10.8. The largest absolute Gasteiger partial charge is 0.355 e. The van der Waals surface area contributed by atoms with E-state index in [2.05, 4.69) is 22.2 Å². The molecule has 1 unspecified atom stereocenters. The zero-order valence-corrected chi connectivity index (χ0v) is 10.8. The van der Waals surface area contributed by atoms with E-state index in [0.29, 0.717) is 0 Å². The molecule has 2 saturated heterocycles. The molecule has 0 radical (unpaired) electrons. The maximum Gasteiger partial charge on any atom is 0.237 e. The van der Waals surface area contributed by atoms with Gasteiger partial charge in [-0.1, -0.05) is 13.8 Å². The van der Waals surface area contributed by atoms with E-state index in [1.807, 2.05) is 13.8 Å². The first kappa shape index (κ1) is 13.5. The average molecular weight is 227 g/mol. The lowest BCUT2D eigenvalue weighted by molar-refractivity contribution is -0.128. The van der Waals surface area contributed by atoms with Gasteiger partial charge in [-0.05, 0) is 19.9 Å². The molecule has 1 atom stereocenters. The molecule has 0 bridgehead atoms. The van der Waals surface area contributed by atoms with Crippen molar-refractivity contribution in [1.29, 1.82) is 0 Å². The molecule has 1 N–H and O–H groups in total. The minimum Gasteiger partial charge on any atom is -0.355 e. The van der Waals surface area contributed by atoms with Gasteiger partial charge >= 0.3 is 0 Å². The van der Waals surface area contributed by atoms with Gasteiger partial charge in [0.05, 0.1) is 6.04 Å². The number of amides is 1. The van der Waals surface area contributed by atoms with Crippen molar-refractivity contribution in [2.24, 2.45) is 0 Å². The highest BCUT2D eigenvalue weighted by Crippen LogP contribution is 2.13. The molecular weight excluding hydrogens is 202 g/mol. The first-order chi connectivity index (χ1) is 7.77. The van der Waals surface area contributed by atoms with E-state index in [0.717, 1.165) is 45.6 Å². The van der Waals surface area contributed by atoms with Crippen molar-refractivity contribution < 1.29 is 4.79 Å². The second-order valence-electron chi connectivity index (χ2n) is 4.29. The lowest BCUT2D eigenvalue weighted by Crippen LogP contribution is -2.56. The van der Waals surface area contributed by atoms with Crippen LogP contribution in [0.5, 0.6) is 0 Å². The molecule has 2 rings (SSSR count). The third-order valence-corrected chi connectivity index (χ3v) is 3.23. The molecule has 2 aliphatic rings. The fraction of sp³-hybridized carbons (Fsp3) is 0.917. The maximum absolute atomic E-state index is 11.6. The minimum atomic E-state index is 0.150. The molecule has 4 heteroatoms. The van der Waals surface area contributed by atoms with Gasteiger partial charge in [-0.15, -0.1) is 0 Å². The van der Waals surface area contributed by atoms with Crippen LogP contribution in [-0.4, -0.2) is 61.5 Å². The van der Waals surface area contributed by atoms with Gasteiger partial charge in [-0.2, -0.15) is 0 Å². The van der Waals surface area contributed by atoms with Crippen LogP contribution in [0.3, 0.4) is 0 Å². The summed E-state index contributed by atoms with van der Waals surface area (Å²) in [5, 5.41) is 2.95. The molecule has 2 heterocycles. The summed E-state index contributed by atoms with van der Waals surface area (Å²) >= 11 is 0. The van der Waals surface area contributed by atoms with Crippen LogP contribution >= 0.6 is 0 Å². The number of hydrogen-bond donors (Lipinski definition) is 1. The number of piperidine rings is 1. The molecule has 0 aromatic rings. The molecule has 0 aromatic heterocycles. The summed E-state index contributed by atoms with van der Waals surface area (Å²) in [6, 6.07) is 0.150. The van der Waals surface area contributed by atoms with Crippen LogP contribution in [0.2, 0.25) is 0 Å². The fourth-order valence-corrected chi connectivity index (χ4v) is 2.24.